The quantitative estimate of drug-likeness (QED) is 0.234. The molecule has 6 heteroatoms. The van der Waals surface area contributed by atoms with Crippen LogP contribution in [0.25, 0.3) is 32.7 Å². The second-order valence-electron chi connectivity index (χ2n) is 8.72. The molecule has 5 nitrogen and oxygen atoms in total. The molecular formula is C31H25FO5. The van der Waals surface area contributed by atoms with Crippen molar-refractivity contribution in [3.05, 3.63) is 97.1 Å². The molecule has 5 aromatic rings. The summed E-state index contributed by atoms with van der Waals surface area (Å²) < 4.78 is 41.6. The van der Waals surface area contributed by atoms with Crippen molar-refractivity contribution < 1.29 is 28.1 Å². The number of alkyl halides is 1. The molecule has 1 aliphatic heterocycles. The van der Waals surface area contributed by atoms with Crippen LogP contribution in [0.5, 0.6) is 23.0 Å². The Morgan fingerprint density at radius 1 is 0.622 bits per heavy atom. The fraction of sp³-hybridized carbons (Fsp3) is 0.161. The van der Waals surface area contributed by atoms with E-state index in [1.807, 2.05) is 36.4 Å². The minimum Gasteiger partial charge on any atom is -0.490 e. The summed E-state index contributed by atoms with van der Waals surface area (Å²) >= 11 is 0. The molecule has 0 atom stereocenters. The average Bonchev–Trinajstić information content (AvgIpc) is 3.02. The van der Waals surface area contributed by atoms with Crippen molar-refractivity contribution in [2.45, 2.75) is 6.10 Å². The number of fused-ring (bicyclic) bond motifs is 7. The average molecular weight is 497 g/mol. The fourth-order valence-corrected chi connectivity index (χ4v) is 4.66. The third kappa shape index (κ3) is 4.76. The summed E-state index contributed by atoms with van der Waals surface area (Å²) in [5.74, 6) is 2.58. The van der Waals surface area contributed by atoms with Crippen molar-refractivity contribution in [3.63, 3.8) is 0 Å². The smallest absolute Gasteiger partial charge is 0.228 e. The van der Waals surface area contributed by atoms with Gasteiger partial charge in [0.05, 0.1) is 0 Å². The van der Waals surface area contributed by atoms with Crippen LogP contribution >= 0.6 is 0 Å². The van der Waals surface area contributed by atoms with E-state index in [1.165, 1.54) is 0 Å². The van der Waals surface area contributed by atoms with Gasteiger partial charge in [-0.3, -0.25) is 0 Å². The maximum absolute atomic E-state index is 12.3. The molecule has 0 aromatic heterocycles. The van der Waals surface area contributed by atoms with Crippen LogP contribution in [0.3, 0.4) is 0 Å². The molecule has 1 aliphatic rings. The Morgan fingerprint density at radius 2 is 1.14 bits per heavy atom. The summed E-state index contributed by atoms with van der Waals surface area (Å²) in [4.78, 5) is 0. The highest BCUT2D eigenvalue weighted by atomic mass is 19.1. The molecule has 0 bridgehead atoms. The molecule has 0 amide bonds. The summed E-state index contributed by atoms with van der Waals surface area (Å²) in [7, 11) is 0. The Balaban J connectivity index is 1.30. The van der Waals surface area contributed by atoms with Gasteiger partial charge in [-0.05, 0) is 57.9 Å². The van der Waals surface area contributed by atoms with Gasteiger partial charge in [0, 0.05) is 11.1 Å². The molecular weight excluding hydrogens is 471 g/mol. The third-order valence-electron chi connectivity index (χ3n) is 6.46. The maximum Gasteiger partial charge on any atom is 0.228 e. The van der Waals surface area contributed by atoms with Gasteiger partial charge in [0.1, 0.15) is 42.3 Å². The van der Waals surface area contributed by atoms with E-state index >= 15 is 0 Å². The molecule has 0 saturated carbocycles. The van der Waals surface area contributed by atoms with Gasteiger partial charge in [0.2, 0.25) is 6.86 Å². The van der Waals surface area contributed by atoms with Crippen LogP contribution in [-0.2, 0) is 4.74 Å². The van der Waals surface area contributed by atoms with Crippen LogP contribution in [0.1, 0.15) is 0 Å². The summed E-state index contributed by atoms with van der Waals surface area (Å²) in [5, 5.41) is 4.47. The van der Waals surface area contributed by atoms with E-state index in [4.69, 9.17) is 23.7 Å². The number of hydrogen-bond acceptors (Lipinski definition) is 5. The van der Waals surface area contributed by atoms with E-state index in [0.29, 0.717) is 24.7 Å². The predicted molar refractivity (Wildman–Crippen MR) is 141 cm³/mol. The van der Waals surface area contributed by atoms with Crippen molar-refractivity contribution in [2.24, 2.45) is 0 Å². The SMILES string of the molecule is FCOc1ccc(OCOC2COc3ccc4ccccc4c3-c3c(ccc4ccccc34)OC2)cc1. The Kier molecular flexibility index (Phi) is 6.48. The standard InChI is InChI=1S/C31H25FO5/c32-19-35-23-11-13-24(14-12-23)36-20-37-25-17-33-28-15-9-21-5-1-3-7-26(21)30(28)31-27-8-4-2-6-22(27)10-16-29(31)34-18-25/h1-16,25H,17-20H2. The maximum atomic E-state index is 12.3. The lowest BCUT2D eigenvalue weighted by atomic mass is 9.92. The molecule has 0 unspecified atom stereocenters. The first-order chi connectivity index (χ1) is 18.3. The molecule has 6 rings (SSSR count). The Bertz CT molecular complexity index is 1440. The molecule has 0 radical (unpaired) electrons. The van der Waals surface area contributed by atoms with Crippen molar-refractivity contribution in [2.75, 3.05) is 26.9 Å². The van der Waals surface area contributed by atoms with Crippen molar-refractivity contribution >= 4 is 21.5 Å². The summed E-state index contributed by atoms with van der Waals surface area (Å²) in [5.41, 5.74) is 2.02. The zero-order chi connectivity index (χ0) is 25.0. The van der Waals surface area contributed by atoms with Gasteiger partial charge in [-0.2, -0.15) is 0 Å². The van der Waals surface area contributed by atoms with E-state index in [1.54, 1.807) is 24.3 Å². The first-order valence-electron chi connectivity index (χ1n) is 12.1. The lowest BCUT2D eigenvalue weighted by Gasteiger charge is -2.18. The van der Waals surface area contributed by atoms with Gasteiger partial charge in [-0.1, -0.05) is 60.7 Å². The molecule has 0 aliphatic carbocycles. The van der Waals surface area contributed by atoms with E-state index < -0.39 is 6.86 Å². The van der Waals surface area contributed by atoms with Crippen molar-refractivity contribution in [1.82, 2.24) is 0 Å². The largest absolute Gasteiger partial charge is 0.490 e. The Morgan fingerprint density at radius 3 is 1.68 bits per heavy atom. The topological polar surface area (TPSA) is 46.2 Å². The van der Waals surface area contributed by atoms with Crippen LogP contribution in [-0.4, -0.2) is 33.0 Å². The lowest BCUT2D eigenvalue weighted by Crippen LogP contribution is -2.30. The van der Waals surface area contributed by atoms with Crippen LogP contribution in [0.15, 0.2) is 97.1 Å². The van der Waals surface area contributed by atoms with Crippen LogP contribution < -0.4 is 18.9 Å². The highest BCUT2D eigenvalue weighted by Crippen LogP contribution is 2.46. The zero-order valence-electron chi connectivity index (χ0n) is 20.1. The van der Waals surface area contributed by atoms with Gasteiger partial charge in [0.25, 0.3) is 0 Å². The first-order valence-corrected chi connectivity index (χ1v) is 12.1. The minimum absolute atomic E-state index is 0.00978. The number of rotatable bonds is 6. The molecule has 0 saturated heterocycles. The number of hydrogen-bond donors (Lipinski definition) is 0. The summed E-state index contributed by atoms with van der Waals surface area (Å²) in [6.07, 6.45) is -0.370. The van der Waals surface area contributed by atoms with Gasteiger partial charge in [0.15, 0.2) is 6.79 Å². The van der Waals surface area contributed by atoms with Crippen LogP contribution in [0, 0.1) is 0 Å². The number of benzene rings is 5. The second-order valence-corrected chi connectivity index (χ2v) is 8.72. The summed E-state index contributed by atoms with van der Waals surface area (Å²) in [6, 6.07) is 31.5. The third-order valence-corrected chi connectivity index (χ3v) is 6.46. The van der Waals surface area contributed by atoms with Crippen molar-refractivity contribution in [1.29, 1.82) is 0 Å². The normalized spacial score (nSPS) is 13.4. The highest BCUT2D eigenvalue weighted by Gasteiger charge is 2.23. The summed E-state index contributed by atoms with van der Waals surface area (Å²) in [6.45, 7) is -0.271. The van der Waals surface area contributed by atoms with E-state index in [9.17, 15) is 4.39 Å². The van der Waals surface area contributed by atoms with E-state index in [-0.39, 0.29) is 12.9 Å². The Hall–Kier alpha value is -4.29. The molecule has 37 heavy (non-hydrogen) atoms. The molecule has 5 aromatic carbocycles. The Labute approximate surface area is 213 Å². The lowest BCUT2D eigenvalue weighted by molar-refractivity contribution is -0.0679. The monoisotopic (exact) mass is 496 g/mol. The van der Waals surface area contributed by atoms with Gasteiger partial charge < -0.3 is 23.7 Å². The first kappa shape index (κ1) is 23.1. The predicted octanol–water partition coefficient (Wildman–Crippen LogP) is 7.16. The van der Waals surface area contributed by atoms with Gasteiger partial charge in [-0.25, -0.2) is 4.39 Å². The van der Waals surface area contributed by atoms with E-state index in [2.05, 4.69) is 36.4 Å². The van der Waals surface area contributed by atoms with Crippen molar-refractivity contribution in [3.8, 4) is 34.1 Å². The van der Waals surface area contributed by atoms with E-state index in [0.717, 1.165) is 44.2 Å². The molecule has 0 spiro atoms. The van der Waals surface area contributed by atoms with Crippen LogP contribution in [0.2, 0.25) is 0 Å². The molecule has 0 fully saturated rings. The number of halogens is 1. The van der Waals surface area contributed by atoms with Gasteiger partial charge in [-0.15, -0.1) is 0 Å². The molecule has 0 N–H and O–H groups in total. The number of ether oxygens (including phenoxy) is 5. The molecule has 186 valence electrons. The second kappa shape index (κ2) is 10.4. The molecule has 1 heterocycles. The van der Waals surface area contributed by atoms with Gasteiger partial charge >= 0.3 is 0 Å². The minimum atomic E-state index is -0.872. The fourth-order valence-electron chi connectivity index (χ4n) is 4.66. The van der Waals surface area contributed by atoms with Crippen LogP contribution in [0.4, 0.5) is 4.39 Å². The zero-order valence-corrected chi connectivity index (χ0v) is 20.1. The highest BCUT2D eigenvalue weighted by molar-refractivity contribution is 6.09.